The van der Waals surface area contributed by atoms with E-state index in [9.17, 15) is 9.59 Å². The molecule has 0 fully saturated rings. The van der Waals surface area contributed by atoms with Gasteiger partial charge in [0.25, 0.3) is 5.78 Å². The van der Waals surface area contributed by atoms with Crippen LogP contribution in [0, 0.1) is 0 Å². The molecule has 0 aromatic rings. The predicted molar refractivity (Wildman–Crippen MR) is 42.0 cm³/mol. The lowest BCUT2D eigenvalue weighted by Crippen LogP contribution is -2.23. The lowest BCUT2D eigenvalue weighted by atomic mass is 10.0. The van der Waals surface area contributed by atoms with Gasteiger partial charge < -0.3 is 14.9 Å². The molecule has 0 heterocycles. The summed E-state index contributed by atoms with van der Waals surface area (Å²) in [6, 6.07) is 0. The van der Waals surface area contributed by atoms with Crippen molar-refractivity contribution in [3.63, 3.8) is 0 Å². The highest BCUT2D eigenvalue weighted by Crippen LogP contribution is 2.21. The summed E-state index contributed by atoms with van der Waals surface area (Å²) in [5.74, 6) is -3.69. The molecular formula is C8H8O5. The molecule has 0 saturated carbocycles. The Balaban J connectivity index is 3.29. The molecular weight excluding hydrogens is 176 g/mol. The zero-order valence-corrected chi connectivity index (χ0v) is 7.12. The molecule has 0 aromatic heterocycles. The van der Waals surface area contributed by atoms with Crippen molar-refractivity contribution in [3.8, 4) is 0 Å². The maximum atomic E-state index is 11.2. The molecule has 0 saturated heterocycles. The molecule has 1 rings (SSSR count). The van der Waals surface area contributed by atoms with Crippen molar-refractivity contribution in [2.75, 3.05) is 7.11 Å². The number of ketones is 2. The van der Waals surface area contributed by atoms with Gasteiger partial charge in [0.05, 0.1) is 7.11 Å². The fourth-order valence-corrected chi connectivity index (χ4v) is 0.960. The van der Waals surface area contributed by atoms with Crippen molar-refractivity contribution in [2.45, 2.75) is 6.92 Å². The Kier molecular flexibility index (Phi) is 2.10. The molecule has 1 aliphatic carbocycles. The minimum absolute atomic E-state index is 0.125. The van der Waals surface area contributed by atoms with Crippen LogP contribution < -0.4 is 0 Å². The van der Waals surface area contributed by atoms with E-state index >= 15 is 0 Å². The van der Waals surface area contributed by atoms with Gasteiger partial charge in [-0.1, -0.05) is 0 Å². The molecule has 13 heavy (non-hydrogen) atoms. The number of Topliss-reactive ketones (excluding diaryl/α,β-unsaturated/α-hetero) is 2. The third-order valence-corrected chi connectivity index (χ3v) is 1.75. The highest BCUT2D eigenvalue weighted by atomic mass is 16.5. The smallest absolute Gasteiger partial charge is 0.266 e. The normalized spacial score (nSPS) is 18.3. The average molecular weight is 184 g/mol. The second-order valence-corrected chi connectivity index (χ2v) is 2.51. The number of allylic oxidation sites excluding steroid dienone is 1. The first kappa shape index (κ1) is 9.31. The van der Waals surface area contributed by atoms with Crippen LogP contribution in [0.4, 0.5) is 0 Å². The largest absolute Gasteiger partial charge is 0.504 e. The lowest BCUT2D eigenvalue weighted by molar-refractivity contribution is -0.122. The third kappa shape index (κ3) is 1.18. The van der Waals surface area contributed by atoms with E-state index in [0.717, 1.165) is 7.11 Å². The topological polar surface area (TPSA) is 83.8 Å². The van der Waals surface area contributed by atoms with Crippen molar-refractivity contribution >= 4 is 11.6 Å². The molecule has 0 spiro atoms. The number of aliphatic hydroxyl groups excluding tert-OH is 2. The highest BCUT2D eigenvalue weighted by molar-refractivity contribution is 6.22. The average Bonchev–Trinajstić information content (AvgIpc) is 2.13. The SMILES string of the molecule is COC1=C(O)C(=O)C(O)=C(C)C1=O. The van der Waals surface area contributed by atoms with Gasteiger partial charge in [-0.15, -0.1) is 0 Å². The Morgan fingerprint density at radius 2 is 1.62 bits per heavy atom. The van der Waals surface area contributed by atoms with E-state index in [1.165, 1.54) is 6.92 Å². The number of hydrogen-bond donors (Lipinski definition) is 2. The third-order valence-electron chi connectivity index (χ3n) is 1.75. The lowest BCUT2D eigenvalue weighted by Gasteiger charge is -2.13. The summed E-state index contributed by atoms with van der Waals surface area (Å²) in [7, 11) is 1.16. The molecule has 5 heteroatoms. The van der Waals surface area contributed by atoms with Crippen molar-refractivity contribution in [1.82, 2.24) is 0 Å². The van der Waals surface area contributed by atoms with Gasteiger partial charge in [-0.3, -0.25) is 9.59 Å². The standard InChI is InChI=1S/C8H8O5/c1-3-4(9)6(11)7(12)8(13-2)5(3)10/h9,12H,1-2H3. The van der Waals surface area contributed by atoms with E-state index < -0.39 is 28.8 Å². The van der Waals surface area contributed by atoms with Crippen LogP contribution in [0.15, 0.2) is 22.9 Å². The van der Waals surface area contributed by atoms with E-state index in [1.54, 1.807) is 0 Å². The summed E-state index contributed by atoms with van der Waals surface area (Å²) in [5, 5.41) is 18.1. The molecule has 70 valence electrons. The van der Waals surface area contributed by atoms with Crippen molar-refractivity contribution < 1.29 is 24.5 Å². The number of rotatable bonds is 1. The van der Waals surface area contributed by atoms with Crippen LogP contribution in [0.2, 0.25) is 0 Å². The van der Waals surface area contributed by atoms with Gasteiger partial charge in [0.2, 0.25) is 17.3 Å². The van der Waals surface area contributed by atoms with E-state index in [4.69, 9.17) is 10.2 Å². The molecule has 0 bridgehead atoms. The van der Waals surface area contributed by atoms with Crippen LogP contribution in [0.3, 0.4) is 0 Å². The van der Waals surface area contributed by atoms with E-state index in [0.29, 0.717) is 0 Å². The van der Waals surface area contributed by atoms with Gasteiger partial charge in [-0.05, 0) is 6.92 Å². The van der Waals surface area contributed by atoms with Crippen LogP contribution in [-0.4, -0.2) is 28.9 Å². The van der Waals surface area contributed by atoms with Crippen LogP contribution in [0.5, 0.6) is 0 Å². The monoisotopic (exact) mass is 184 g/mol. The number of carbonyl (C=O) groups is 2. The van der Waals surface area contributed by atoms with Crippen molar-refractivity contribution in [3.05, 3.63) is 22.9 Å². The first-order chi connectivity index (χ1) is 6.00. The number of ether oxygens (including phenoxy) is 1. The Labute approximate surface area is 73.9 Å². The maximum absolute atomic E-state index is 11.2. The molecule has 0 aliphatic heterocycles. The minimum Gasteiger partial charge on any atom is -0.504 e. The highest BCUT2D eigenvalue weighted by Gasteiger charge is 2.33. The Bertz CT molecular complexity index is 348. The molecule has 0 amide bonds. The van der Waals surface area contributed by atoms with Crippen molar-refractivity contribution in [2.24, 2.45) is 0 Å². The summed E-state index contributed by atoms with van der Waals surface area (Å²) in [5.41, 5.74) is -0.125. The molecule has 5 nitrogen and oxygen atoms in total. The van der Waals surface area contributed by atoms with E-state index in [2.05, 4.69) is 4.74 Å². The van der Waals surface area contributed by atoms with Gasteiger partial charge in [-0.2, -0.15) is 0 Å². The molecule has 0 atom stereocenters. The molecule has 0 aromatic carbocycles. The Morgan fingerprint density at radius 1 is 1.08 bits per heavy atom. The molecule has 2 N–H and O–H groups in total. The van der Waals surface area contributed by atoms with Crippen LogP contribution in [0.25, 0.3) is 0 Å². The van der Waals surface area contributed by atoms with Crippen molar-refractivity contribution in [1.29, 1.82) is 0 Å². The maximum Gasteiger partial charge on any atom is 0.266 e. The quantitative estimate of drug-likeness (QED) is 0.576. The van der Waals surface area contributed by atoms with Gasteiger partial charge in [0.15, 0.2) is 5.76 Å². The summed E-state index contributed by atoms with van der Waals surface area (Å²) in [6.07, 6.45) is 0. The first-order valence-corrected chi connectivity index (χ1v) is 3.47. The number of carbonyl (C=O) groups excluding carboxylic acids is 2. The van der Waals surface area contributed by atoms with Gasteiger partial charge in [-0.25, -0.2) is 0 Å². The van der Waals surface area contributed by atoms with Crippen LogP contribution >= 0.6 is 0 Å². The fourth-order valence-electron chi connectivity index (χ4n) is 0.960. The van der Waals surface area contributed by atoms with Gasteiger partial charge in [0.1, 0.15) is 0 Å². The Hall–Kier alpha value is -1.78. The summed E-state index contributed by atoms with van der Waals surface area (Å²) in [4.78, 5) is 22.2. The zero-order valence-electron chi connectivity index (χ0n) is 7.12. The zero-order chi connectivity index (χ0) is 10.2. The summed E-state index contributed by atoms with van der Waals surface area (Å²) in [6.45, 7) is 1.28. The number of methoxy groups -OCH3 is 1. The second-order valence-electron chi connectivity index (χ2n) is 2.51. The van der Waals surface area contributed by atoms with Crippen LogP contribution in [-0.2, 0) is 14.3 Å². The molecule has 0 unspecified atom stereocenters. The van der Waals surface area contributed by atoms with Crippen LogP contribution in [0.1, 0.15) is 6.92 Å². The van der Waals surface area contributed by atoms with E-state index in [1.807, 2.05) is 0 Å². The number of aliphatic hydroxyl groups is 2. The van der Waals surface area contributed by atoms with Gasteiger partial charge in [0, 0.05) is 5.57 Å². The van der Waals surface area contributed by atoms with E-state index in [-0.39, 0.29) is 5.57 Å². The summed E-state index contributed by atoms with van der Waals surface area (Å²) < 4.78 is 4.52. The molecule has 1 aliphatic rings. The predicted octanol–water partition coefficient (Wildman–Crippen LogP) is 0.386. The minimum atomic E-state index is -0.992. The number of hydrogen-bond acceptors (Lipinski definition) is 5. The second kappa shape index (κ2) is 2.93. The first-order valence-electron chi connectivity index (χ1n) is 3.47. The summed E-state index contributed by atoms with van der Waals surface area (Å²) >= 11 is 0. The Morgan fingerprint density at radius 3 is 2.08 bits per heavy atom. The fraction of sp³-hybridized carbons (Fsp3) is 0.250. The molecule has 0 radical (unpaired) electrons. The van der Waals surface area contributed by atoms with Gasteiger partial charge >= 0.3 is 0 Å².